The Labute approximate surface area is 72.8 Å². The zero-order chi connectivity index (χ0) is 9.68. The summed E-state index contributed by atoms with van der Waals surface area (Å²) in [5, 5.41) is 8.49. The summed E-state index contributed by atoms with van der Waals surface area (Å²) < 4.78 is 28.0. The second-order valence-corrected chi connectivity index (χ2v) is 2.06. The number of halogens is 2. The highest BCUT2D eigenvalue weighted by Gasteiger charge is 2.08. The van der Waals surface area contributed by atoms with Crippen LogP contribution in [-0.4, -0.2) is 23.0 Å². The summed E-state index contributed by atoms with van der Waals surface area (Å²) >= 11 is 0. The number of rotatable bonds is 3. The van der Waals surface area contributed by atoms with Gasteiger partial charge in [0.15, 0.2) is 6.61 Å². The number of alkyl halides is 2. The molecule has 0 saturated carbocycles. The molecule has 0 amide bonds. The first-order valence-electron chi connectivity index (χ1n) is 3.35. The third-order valence-electron chi connectivity index (χ3n) is 1.14. The molecule has 1 rings (SSSR count). The first-order valence-corrected chi connectivity index (χ1v) is 3.35. The minimum atomic E-state index is -2.58. The number of nitrogens with zero attached hydrogens (tertiary/aromatic N) is 3. The molecule has 0 atom stereocenters. The van der Waals surface area contributed by atoms with Gasteiger partial charge in [0.25, 0.3) is 6.43 Å². The van der Waals surface area contributed by atoms with Crippen molar-refractivity contribution in [3.8, 4) is 11.9 Å². The molecule has 0 radical (unpaired) electrons. The van der Waals surface area contributed by atoms with Crippen LogP contribution in [0.2, 0.25) is 0 Å². The standard InChI is InChI=1S/C7H5F2N3O/c8-6(9)3-13-7-5(1-10)2-11-4-12-7/h2,4,6H,3H2. The van der Waals surface area contributed by atoms with E-state index >= 15 is 0 Å². The highest BCUT2D eigenvalue weighted by atomic mass is 19.3. The van der Waals surface area contributed by atoms with Crippen LogP contribution in [0.3, 0.4) is 0 Å². The Bertz CT molecular complexity index is 324. The van der Waals surface area contributed by atoms with Gasteiger partial charge in [-0.25, -0.2) is 18.7 Å². The van der Waals surface area contributed by atoms with E-state index in [1.807, 2.05) is 0 Å². The number of nitriles is 1. The van der Waals surface area contributed by atoms with E-state index in [0.717, 1.165) is 6.33 Å². The molecule has 1 heterocycles. The van der Waals surface area contributed by atoms with Crippen molar-refractivity contribution in [1.82, 2.24) is 9.97 Å². The van der Waals surface area contributed by atoms with Crippen molar-refractivity contribution in [3.63, 3.8) is 0 Å². The van der Waals surface area contributed by atoms with Gasteiger partial charge in [-0.2, -0.15) is 5.26 Å². The molecule has 13 heavy (non-hydrogen) atoms. The molecule has 0 unspecified atom stereocenters. The van der Waals surface area contributed by atoms with E-state index in [2.05, 4.69) is 14.7 Å². The van der Waals surface area contributed by atoms with E-state index in [1.54, 1.807) is 6.07 Å². The molecule has 0 saturated heterocycles. The lowest BCUT2D eigenvalue weighted by Crippen LogP contribution is -2.09. The molecule has 0 aliphatic rings. The van der Waals surface area contributed by atoms with Gasteiger partial charge >= 0.3 is 0 Å². The predicted molar refractivity (Wildman–Crippen MR) is 38.2 cm³/mol. The first kappa shape index (κ1) is 9.32. The van der Waals surface area contributed by atoms with E-state index in [4.69, 9.17) is 5.26 Å². The maximum Gasteiger partial charge on any atom is 0.272 e. The third kappa shape index (κ3) is 2.63. The number of ether oxygens (including phenoxy) is 1. The molecular weight excluding hydrogens is 180 g/mol. The summed E-state index contributed by atoms with van der Waals surface area (Å²) in [4.78, 5) is 7.07. The van der Waals surface area contributed by atoms with Gasteiger partial charge in [-0.05, 0) is 0 Å². The summed E-state index contributed by atoms with van der Waals surface area (Å²) in [7, 11) is 0. The molecule has 0 bridgehead atoms. The highest BCUT2D eigenvalue weighted by molar-refractivity contribution is 5.34. The Kier molecular flexibility index (Phi) is 3.09. The zero-order valence-electron chi connectivity index (χ0n) is 6.44. The SMILES string of the molecule is N#Cc1cncnc1OCC(F)F. The van der Waals surface area contributed by atoms with Crippen LogP contribution < -0.4 is 4.74 Å². The maximum atomic E-state index is 11.7. The van der Waals surface area contributed by atoms with Crippen LogP contribution in [0.4, 0.5) is 8.78 Å². The summed E-state index contributed by atoms with van der Waals surface area (Å²) in [6.07, 6.45) is -0.253. The Morgan fingerprint density at radius 2 is 2.38 bits per heavy atom. The molecular formula is C7H5F2N3O. The average molecular weight is 185 g/mol. The van der Waals surface area contributed by atoms with Crippen molar-refractivity contribution in [2.24, 2.45) is 0 Å². The Morgan fingerprint density at radius 1 is 1.62 bits per heavy atom. The van der Waals surface area contributed by atoms with Gasteiger partial charge in [-0.15, -0.1) is 0 Å². The fraction of sp³-hybridized carbons (Fsp3) is 0.286. The van der Waals surface area contributed by atoms with Crippen LogP contribution in [0.25, 0.3) is 0 Å². The van der Waals surface area contributed by atoms with Crippen molar-refractivity contribution < 1.29 is 13.5 Å². The van der Waals surface area contributed by atoms with Gasteiger partial charge < -0.3 is 4.74 Å². The van der Waals surface area contributed by atoms with E-state index in [1.165, 1.54) is 6.20 Å². The first-order chi connectivity index (χ1) is 6.24. The number of hydrogen-bond acceptors (Lipinski definition) is 4. The summed E-state index contributed by atoms with van der Waals surface area (Å²) in [5.41, 5.74) is 0.0446. The minimum Gasteiger partial charge on any atom is -0.471 e. The minimum absolute atomic E-state index is 0.0446. The van der Waals surface area contributed by atoms with Gasteiger partial charge in [-0.3, -0.25) is 0 Å². The van der Waals surface area contributed by atoms with Crippen LogP contribution in [0, 0.1) is 11.3 Å². The van der Waals surface area contributed by atoms with Crippen LogP contribution in [0.15, 0.2) is 12.5 Å². The van der Waals surface area contributed by atoms with Crippen molar-refractivity contribution in [2.45, 2.75) is 6.43 Å². The maximum absolute atomic E-state index is 11.7. The molecule has 0 aliphatic carbocycles. The third-order valence-corrected chi connectivity index (χ3v) is 1.14. The fourth-order valence-electron chi connectivity index (χ4n) is 0.652. The van der Waals surface area contributed by atoms with E-state index in [0.29, 0.717) is 0 Å². The Hall–Kier alpha value is -1.77. The largest absolute Gasteiger partial charge is 0.471 e. The van der Waals surface area contributed by atoms with Crippen LogP contribution in [0.1, 0.15) is 5.56 Å². The molecule has 0 aliphatic heterocycles. The highest BCUT2D eigenvalue weighted by Crippen LogP contribution is 2.11. The molecule has 1 aromatic rings. The molecule has 0 fully saturated rings. The molecule has 68 valence electrons. The predicted octanol–water partition coefficient (Wildman–Crippen LogP) is 0.992. The quantitative estimate of drug-likeness (QED) is 0.704. The van der Waals surface area contributed by atoms with Crippen molar-refractivity contribution >= 4 is 0 Å². The number of hydrogen-bond donors (Lipinski definition) is 0. The summed E-state index contributed by atoms with van der Waals surface area (Å²) in [6, 6.07) is 1.72. The smallest absolute Gasteiger partial charge is 0.272 e. The molecule has 6 heteroatoms. The lowest BCUT2D eigenvalue weighted by molar-refractivity contribution is 0.0793. The van der Waals surface area contributed by atoms with Crippen LogP contribution in [0.5, 0.6) is 5.88 Å². The second kappa shape index (κ2) is 4.30. The number of aromatic nitrogens is 2. The van der Waals surface area contributed by atoms with E-state index < -0.39 is 13.0 Å². The van der Waals surface area contributed by atoms with Gasteiger partial charge in [0.05, 0.1) is 6.20 Å². The normalized spacial score (nSPS) is 9.69. The lowest BCUT2D eigenvalue weighted by Gasteiger charge is -2.03. The Balaban J connectivity index is 2.71. The van der Waals surface area contributed by atoms with Gasteiger partial charge in [0.2, 0.25) is 5.88 Å². The van der Waals surface area contributed by atoms with Gasteiger partial charge in [0, 0.05) is 0 Å². The lowest BCUT2D eigenvalue weighted by atomic mass is 10.4. The van der Waals surface area contributed by atoms with Crippen molar-refractivity contribution in [1.29, 1.82) is 5.26 Å². The van der Waals surface area contributed by atoms with Crippen molar-refractivity contribution in [2.75, 3.05) is 6.61 Å². The molecule has 1 aromatic heterocycles. The molecule has 0 spiro atoms. The Morgan fingerprint density at radius 3 is 3.00 bits per heavy atom. The summed E-state index contributed by atoms with van der Waals surface area (Å²) in [6.45, 7) is -0.772. The topological polar surface area (TPSA) is 58.8 Å². The van der Waals surface area contributed by atoms with Crippen molar-refractivity contribution in [3.05, 3.63) is 18.1 Å². The van der Waals surface area contributed by atoms with Crippen LogP contribution >= 0.6 is 0 Å². The molecule has 0 N–H and O–H groups in total. The second-order valence-electron chi connectivity index (χ2n) is 2.06. The average Bonchev–Trinajstić information content (AvgIpc) is 2.15. The fourth-order valence-corrected chi connectivity index (χ4v) is 0.652. The van der Waals surface area contributed by atoms with Gasteiger partial charge in [-0.1, -0.05) is 0 Å². The zero-order valence-corrected chi connectivity index (χ0v) is 6.44. The summed E-state index contributed by atoms with van der Waals surface area (Å²) in [5.74, 6) is -0.113. The van der Waals surface area contributed by atoms with Crippen LogP contribution in [-0.2, 0) is 0 Å². The van der Waals surface area contributed by atoms with E-state index in [-0.39, 0.29) is 11.4 Å². The monoisotopic (exact) mass is 185 g/mol. The van der Waals surface area contributed by atoms with E-state index in [9.17, 15) is 8.78 Å². The van der Waals surface area contributed by atoms with Gasteiger partial charge in [0.1, 0.15) is 18.0 Å². The molecule has 4 nitrogen and oxygen atoms in total. The molecule has 0 aromatic carbocycles.